The van der Waals surface area contributed by atoms with Gasteiger partial charge in [-0.2, -0.15) is 4.98 Å². The molecule has 2 heterocycles. The van der Waals surface area contributed by atoms with Crippen LogP contribution < -0.4 is 0 Å². The predicted octanol–water partition coefficient (Wildman–Crippen LogP) is 4.59. The van der Waals surface area contributed by atoms with Crippen molar-refractivity contribution in [1.82, 2.24) is 9.97 Å². The average Bonchev–Trinajstić information content (AvgIpc) is 2.69. The molecule has 0 radical (unpaired) electrons. The molecule has 2 aromatic rings. The fourth-order valence-corrected chi connectivity index (χ4v) is 2.08. The molecule has 0 bridgehead atoms. The lowest BCUT2D eigenvalue weighted by Gasteiger charge is -2.13. The highest BCUT2D eigenvalue weighted by atomic mass is 16.3. The van der Waals surface area contributed by atoms with Gasteiger partial charge < -0.3 is 4.42 Å². The van der Waals surface area contributed by atoms with Gasteiger partial charge in [0.25, 0.3) is 0 Å². The van der Waals surface area contributed by atoms with Crippen molar-refractivity contribution in [3.05, 3.63) is 23.2 Å². The van der Waals surface area contributed by atoms with Crippen LogP contribution in [0.5, 0.6) is 0 Å². The summed E-state index contributed by atoms with van der Waals surface area (Å²) >= 11 is 0. The van der Waals surface area contributed by atoms with E-state index >= 15 is 0 Å². The first-order valence-corrected chi connectivity index (χ1v) is 6.71. The molecule has 0 N–H and O–H groups in total. The van der Waals surface area contributed by atoms with E-state index in [1.807, 2.05) is 0 Å². The summed E-state index contributed by atoms with van der Waals surface area (Å²) in [4.78, 5) is 9.17. The highest BCUT2D eigenvalue weighted by molar-refractivity contribution is 5.69. The van der Waals surface area contributed by atoms with E-state index in [0.717, 1.165) is 22.8 Å². The molecule has 0 spiro atoms. The molecule has 18 heavy (non-hydrogen) atoms. The molecule has 0 amide bonds. The number of pyridine rings is 1. The van der Waals surface area contributed by atoms with Crippen molar-refractivity contribution in [3.63, 3.8) is 0 Å². The van der Waals surface area contributed by atoms with Gasteiger partial charge in [0.15, 0.2) is 17.1 Å². The number of hydrogen-bond donors (Lipinski definition) is 0. The van der Waals surface area contributed by atoms with Crippen molar-refractivity contribution in [2.45, 2.75) is 59.3 Å². The number of aromatic nitrogens is 2. The van der Waals surface area contributed by atoms with E-state index in [-0.39, 0.29) is 0 Å². The summed E-state index contributed by atoms with van der Waals surface area (Å²) in [5.74, 6) is 1.93. The molecule has 0 unspecified atom stereocenters. The highest BCUT2D eigenvalue weighted by Crippen LogP contribution is 2.29. The Morgan fingerprint density at radius 2 is 1.56 bits per heavy atom. The second kappa shape index (κ2) is 4.71. The highest BCUT2D eigenvalue weighted by Gasteiger charge is 2.17. The van der Waals surface area contributed by atoms with Crippen LogP contribution in [0, 0.1) is 0 Å². The minimum atomic E-state index is 0.296. The molecule has 0 aliphatic rings. The second-order valence-electron chi connectivity index (χ2n) is 5.80. The average molecular weight is 246 g/mol. The summed E-state index contributed by atoms with van der Waals surface area (Å²) in [6, 6.07) is 2.11. The quantitative estimate of drug-likeness (QED) is 0.794. The molecule has 0 fully saturated rings. The molecule has 0 saturated carbocycles. The SMILES string of the molecule is CC(C)c1nc2nc(C(C)C)c(C(C)C)cc2o1. The summed E-state index contributed by atoms with van der Waals surface area (Å²) in [7, 11) is 0. The summed E-state index contributed by atoms with van der Waals surface area (Å²) in [5.41, 5.74) is 3.96. The number of rotatable bonds is 3. The Kier molecular flexibility index (Phi) is 3.42. The first kappa shape index (κ1) is 13.1. The summed E-state index contributed by atoms with van der Waals surface area (Å²) < 4.78 is 5.78. The molecular formula is C15H22N2O. The van der Waals surface area contributed by atoms with Crippen LogP contribution in [0.25, 0.3) is 11.2 Å². The fourth-order valence-electron chi connectivity index (χ4n) is 2.08. The molecule has 3 heteroatoms. The molecule has 0 saturated heterocycles. The first-order chi connectivity index (χ1) is 8.40. The molecule has 3 nitrogen and oxygen atoms in total. The van der Waals surface area contributed by atoms with Crippen LogP contribution in [0.15, 0.2) is 10.5 Å². The fraction of sp³-hybridized carbons (Fsp3) is 0.600. The molecular weight excluding hydrogens is 224 g/mol. The van der Waals surface area contributed by atoms with Gasteiger partial charge in [-0.15, -0.1) is 0 Å². The summed E-state index contributed by atoms with van der Waals surface area (Å²) in [6.07, 6.45) is 0. The maximum absolute atomic E-state index is 5.78. The third-order valence-electron chi connectivity index (χ3n) is 3.12. The third kappa shape index (κ3) is 2.26. The van der Waals surface area contributed by atoms with Crippen molar-refractivity contribution in [3.8, 4) is 0 Å². The number of oxazole rings is 1. The summed E-state index contributed by atoms with van der Waals surface area (Å²) in [6.45, 7) is 12.9. The molecule has 0 atom stereocenters. The van der Waals surface area contributed by atoms with Gasteiger partial charge in [-0.05, 0) is 23.5 Å². The van der Waals surface area contributed by atoms with E-state index in [0.29, 0.717) is 17.8 Å². The number of hydrogen-bond acceptors (Lipinski definition) is 3. The van der Waals surface area contributed by atoms with Crippen LogP contribution in [0.4, 0.5) is 0 Å². The van der Waals surface area contributed by atoms with E-state index < -0.39 is 0 Å². The van der Waals surface area contributed by atoms with E-state index in [4.69, 9.17) is 9.40 Å². The van der Waals surface area contributed by atoms with Crippen LogP contribution in [-0.4, -0.2) is 9.97 Å². The van der Waals surface area contributed by atoms with E-state index in [9.17, 15) is 0 Å². The lowest BCUT2D eigenvalue weighted by atomic mass is 9.95. The Labute approximate surface area is 109 Å². The number of nitrogens with zero attached hydrogens (tertiary/aromatic N) is 2. The third-order valence-corrected chi connectivity index (χ3v) is 3.12. The van der Waals surface area contributed by atoms with Crippen LogP contribution >= 0.6 is 0 Å². The lowest BCUT2D eigenvalue weighted by Crippen LogP contribution is -2.02. The predicted molar refractivity (Wildman–Crippen MR) is 74.1 cm³/mol. The monoisotopic (exact) mass is 246 g/mol. The zero-order valence-electron chi connectivity index (χ0n) is 12.1. The van der Waals surface area contributed by atoms with Gasteiger partial charge in [0.2, 0.25) is 0 Å². The molecule has 2 rings (SSSR count). The zero-order valence-corrected chi connectivity index (χ0v) is 12.1. The van der Waals surface area contributed by atoms with Crippen LogP contribution in [-0.2, 0) is 0 Å². The zero-order chi connectivity index (χ0) is 13.4. The standard InChI is InChI=1S/C15H22N2O/c1-8(2)11-7-12-14(16-13(11)9(3)4)17-15(18-12)10(5)6/h7-10H,1-6H3. The van der Waals surface area contributed by atoms with Crippen LogP contribution in [0.3, 0.4) is 0 Å². The largest absolute Gasteiger partial charge is 0.439 e. The van der Waals surface area contributed by atoms with Crippen LogP contribution in [0.1, 0.15) is 76.4 Å². The summed E-state index contributed by atoms with van der Waals surface area (Å²) in [5, 5.41) is 0. The second-order valence-corrected chi connectivity index (χ2v) is 5.80. The smallest absolute Gasteiger partial charge is 0.199 e. The van der Waals surface area contributed by atoms with Gasteiger partial charge in [-0.3, -0.25) is 0 Å². The van der Waals surface area contributed by atoms with Crippen LogP contribution in [0.2, 0.25) is 0 Å². The normalized spacial score (nSPS) is 12.3. The van der Waals surface area contributed by atoms with Gasteiger partial charge in [0, 0.05) is 11.6 Å². The van der Waals surface area contributed by atoms with Crippen molar-refractivity contribution < 1.29 is 4.42 Å². The van der Waals surface area contributed by atoms with Gasteiger partial charge >= 0.3 is 0 Å². The van der Waals surface area contributed by atoms with Crippen molar-refractivity contribution in [2.75, 3.05) is 0 Å². The Morgan fingerprint density at radius 1 is 0.889 bits per heavy atom. The maximum Gasteiger partial charge on any atom is 0.199 e. The number of fused-ring (bicyclic) bond motifs is 1. The minimum Gasteiger partial charge on any atom is -0.439 e. The van der Waals surface area contributed by atoms with Gasteiger partial charge in [-0.1, -0.05) is 41.5 Å². The van der Waals surface area contributed by atoms with E-state index in [1.54, 1.807) is 0 Å². The van der Waals surface area contributed by atoms with Crippen molar-refractivity contribution in [1.29, 1.82) is 0 Å². The Morgan fingerprint density at radius 3 is 2.06 bits per heavy atom. The van der Waals surface area contributed by atoms with E-state index in [1.165, 1.54) is 5.56 Å². The molecule has 98 valence electrons. The topological polar surface area (TPSA) is 38.9 Å². The molecule has 2 aromatic heterocycles. The first-order valence-electron chi connectivity index (χ1n) is 6.71. The van der Waals surface area contributed by atoms with Gasteiger partial charge in [-0.25, -0.2) is 4.98 Å². The van der Waals surface area contributed by atoms with Crippen molar-refractivity contribution in [2.24, 2.45) is 0 Å². The minimum absolute atomic E-state index is 0.296. The maximum atomic E-state index is 5.78. The Hall–Kier alpha value is -1.38. The lowest BCUT2D eigenvalue weighted by molar-refractivity contribution is 0.501. The molecule has 0 aliphatic heterocycles. The van der Waals surface area contributed by atoms with Gasteiger partial charge in [0.1, 0.15) is 0 Å². The van der Waals surface area contributed by atoms with E-state index in [2.05, 4.69) is 52.6 Å². The van der Waals surface area contributed by atoms with Gasteiger partial charge in [0.05, 0.1) is 0 Å². The van der Waals surface area contributed by atoms with Crippen molar-refractivity contribution >= 4 is 11.2 Å². The Bertz CT molecular complexity index is 508. The molecule has 0 aliphatic carbocycles. The molecule has 0 aromatic carbocycles. The Balaban J connectivity index is 2.65.